The van der Waals surface area contributed by atoms with Crippen molar-refractivity contribution in [3.8, 4) is 0 Å². The van der Waals surface area contributed by atoms with Gasteiger partial charge in [0.15, 0.2) is 0 Å². The number of hydrogen-bond donors (Lipinski definition) is 1. The van der Waals surface area contributed by atoms with Gasteiger partial charge in [0, 0.05) is 18.4 Å². The van der Waals surface area contributed by atoms with Crippen LogP contribution in [0.25, 0.3) is 0 Å². The first-order valence-electron chi connectivity index (χ1n) is 7.33. The minimum Gasteiger partial charge on any atom is -0.313 e. The summed E-state index contributed by atoms with van der Waals surface area (Å²) in [6.45, 7) is 5.82. The Bertz CT molecular complexity index is 323. The molecule has 1 saturated heterocycles. The lowest BCUT2D eigenvalue weighted by Crippen LogP contribution is -2.44. The predicted octanol–water partition coefficient (Wildman–Crippen LogP) is 2.77. The first-order valence-corrected chi connectivity index (χ1v) is 7.33. The fraction of sp³-hybridized carbons (Fsp3) is 0.933. The smallest absolute Gasteiger partial charge is 0.137 e. The van der Waals surface area contributed by atoms with Gasteiger partial charge in [-0.15, -0.1) is 0 Å². The second-order valence-electron chi connectivity index (χ2n) is 7.23. The molecule has 2 saturated carbocycles. The van der Waals surface area contributed by atoms with Crippen LogP contribution in [0.2, 0.25) is 0 Å². The average molecular weight is 235 g/mol. The summed E-state index contributed by atoms with van der Waals surface area (Å²) < 4.78 is 0. The third-order valence-electron chi connectivity index (χ3n) is 5.46. The van der Waals surface area contributed by atoms with Gasteiger partial charge in [0.25, 0.3) is 0 Å². The molecule has 0 radical (unpaired) electrons. The van der Waals surface area contributed by atoms with Crippen LogP contribution in [0.4, 0.5) is 0 Å². The normalized spacial score (nSPS) is 44.9. The largest absolute Gasteiger partial charge is 0.313 e. The topological polar surface area (TPSA) is 29.1 Å². The van der Waals surface area contributed by atoms with Gasteiger partial charge in [-0.3, -0.25) is 4.79 Å². The van der Waals surface area contributed by atoms with Crippen molar-refractivity contribution in [3.05, 3.63) is 0 Å². The summed E-state index contributed by atoms with van der Waals surface area (Å²) in [5.74, 6) is 2.52. The molecule has 1 aliphatic heterocycles. The molecule has 2 heteroatoms. The summed E-state index contributed by atoms with van der Waals surface area (Å²) in [7, 11) is 0. The molecule has 2 aliphatic carbocycles. The Labute approximate surface area is 105 Å². The van der Waals surface area contributed by atoms with Gasteiger partial charge in [0.2, 0.25) is 0 Å². The minimum atomic E-state index is 0.312. The van der Waals surface area contributed by atoms with E-state index >= 15 is 0 Å². The maximum atomic E-state index is 12.2. The lowest BCUT2D eigenvalue weighted by Gasteiger charge is -2.38. The molecule has 3 rings (SSSR count). The van der Waals surface area contributed by atoms with E-state index in [-0.39, 0.29) is 0 Å². The van der Waals surface area contributed by atoms with Crippen molar-refractivity contribution in [2.24, 2.45) is 23.2 Å². The van der Waals surface area contributed by atoms with Crippen LogP contribution in [0.5, 0.6) is 0 Å². The zero-order valence-electron chi connectivity index (χ0n) is 11.2. The molecule has 3 aliphatic rings. The monoisotopic (exact) mass is 235 g/mol. The second-order valence-corrected chi connectivity index (χ2v) is 7.23. The Morgan fingerprint density at radius 3 is 2.94 bits per heavy atom. The van der Waals surface area contributed by atoms with Crippen molar-refractivity contribution < 1.29 is 4.79 Å². The van der Waals surface area contributed by atoms with Gasteiger partial charge < -0.3 is 5.32 Å². The Kier molecular flexibility index (Phi) is 2.81. The maximum absolute atomic E-state index is 12.2. The van der Waals surface area contributed by atoms with Gasteiger partial charge >= 0.3 is 0 Å². The predicted molar refractivity (Wildman–Crippen MR) is 68.8 cm³/mol. The molecule has 4 atom stereocenters. The molecule has 1 heterocycles. The Hall–Kier alpha value is -0.370. The molecule has 2 nitrogen and oxygen atoms in total. The van der Waals surface area contributed by atoms with E-state index in [9.17, 15) is 4.79 Å². The number of nitrogens with one attached hydrogen (secondary N) is 1. The van der Waals surface area contributed by atoms with Crippen molar-refractivity contribution in [3.63, 3.8) is 0 Å². The van der Waals surface area contributed by atoms with E-state index in [1.807, 2.05) is 0 Å². The standard InChI is InChI=1S/C15H25NO/c1-15(2)7-6-13(17)12(8-15)14-11-5-3-4-10(11)9-16-14/h10-12,14,16H,3-9H2,1-2H3. The molecule has 0 aromatic carbocycles. The highest BCUT2D eigenvalue weighted by atomic mass is 16.1. The molecule has 17 heavy (non-hydrogen) atoms. The zero-order valence-corrected chi connectivity index (χ0v) is 11.2. The van der Waals surface area contributed by atoms with Crippen LogP contribution in [0.15, 0.2) is 0 Å². The molecule has 96 valence electrons. The second kappa shape index (κ2) is 4.08. The molecule has 1 N–H and O–H groups in total. The van der Waals surface area contributed by atoms with Gasteiger partial charge in [0.1, 0.15) is 5.78 Å². The number of ketones is 1. The summed E-state index contributed by atoms with van der Waals surface area (Å²) in [4.78, 5) is 12.2. The Morgan fingerprint density at radius 2 is 2.12 bits per heavy atom. The number of carbonyl (C=O) groups is 1. The average Bonchev–Trinajstić information content (AvgIpc) is 2.83. The summed E-state index contributed by atoms with van der Waals surface area (Å²) in [6.07, 6.45) is 7.13. The SMILES string of the molecule is CC1(C)CCC(=O)C(C2NCC3CCCC32)C1. The van der Waals surface area contributed by atoms with E-state index < -0.39 is 0 Å². The number of carbonyl (C=O) groups excluding carboxylic acids is 1. The molecule has 4 unspecified atom stereocenters. The molecular formula is C15H25NO. The van der Waals surface area contributed by atoms with Gasteiger partial charge in [-0.25, -0.2) is 0 Å². The number of rotatable bonds is 1. The highest BCUT2D eigenvalue weighted by Crippen LogP contribution is 2.45. The van der Waals surface area contributed by atoms with Gasteiger partial charge in [-0.05, 0) is 49.5 Å². The van der Waals surface area contributed by atoms with E-state index in [2.05, 4.69) is 19.2 Å². The first-order chi connectivity index (χ1) is 8.07. The van der Waals surface area contributed by atoms with Crippen LogP contribution >= 0.6 is 0 Å². The molecule has 0 aromatic rings. The molecular weight excluding hydrogens is 210 g/mol. The number of hydrogen-bond acceptors (Lipinski definition) is 2. The first kappa shape index (κ1) is 11.7. The van der Waals surface area contributed by atoms with Crippen molar-refractivity contribution >= 4 is 5.78 Å². The summed E-state index contributed by atoms with van der Waals surface area (Å²) in [5, 5.41) is 3.68. The highest BCUT2D eigenvalue weighted by molar-refractivity contribution is 5.82. The molecule has 0 spiro atoms. The highest BCUT2D eigenvalue weighted by Gasteiger charge is 2.47. The van der Waals surface area contributed by atoms with Gasteiger partial charge in [-0.1, -0.05) is 20.3 Å². The van der Waals surface area contributed by atoms with Crippen molar-refractivity contribution in [1.29, 1.82) is 0 Å². The minimum absolute atomic E-state index is 0.312. The van der Waals surface area contributed by atoms with Crippen molar-refractivity contribution in [1.82, 2.24) is 5.32 Å². The number of Topliss-reactive ketones (excluding diaryl/α,β-unsaturated/α-hetero) is 1. The van der Waals surface area contributed by atoms with Gasteiger partial charge in [0.05, 0.1) is 0 Å². The molecule has 0 aromatic heterocycles. The summed E-state index contributed by atoms with van der Waals surface area (Å²) in [6, 6.07) is 0.509. The summed E-state index contributed by atoms with van der Waals surface area (Å²) in [5.41, 5.74) is 0.372. The van der Waals surface area contributed by atoms with Crippen LogP contribution < -0.4 is 5.32 Å². The van der Waals surface area contributed by atoms with Crippen LogP contribution in [0, 0.1) is 23.2 Å². The molecule has 0 amide bonds. The number of fused-ring (bicyclic) bond motifs is 1. The Morgan fingerprint density at radius 1 is 1.29 bits per heavy atom. The van der Waals surface area contributed by atoms with E-state index in [1.54, 1.807) is 0 Å². The molecule has 3 fully saturated rings. The van der Waals surface area contributed by atoms with Crippen molar-refractivity contribution in [2.45, 2.75) is 58.4 Å². The molecule has 0 bridgehead atoms. The van der Waals surface area contributed by atoms with Crippen molar-refractivity contribution in [2.75, 3.05) is 6.54 Å². The lowest BCUT2D eigenvalue weighted by atomic mass is 9.67. The third kappa shape index (κ3) is 2.05. The van der Waals surface area contributed by atoms with E-state index in [1.165, 1.54) is 25.8 Å². The zero-order chi connectivity index (χ0) is 12.0. The maximum Gasteiger partial charge on any atom is 0.137 e. The fourth-order valence-electron chi connectivity index (χ4n) is 4.46. The quantitative estimate of drug-likeness (QED) is 0.757. The van der Waals surface area contributed by atoms with Crippen LogP contribution in [0.1, 0.15) is 52.4 Å². The van der Waals surface area contributed by atoms with Gasteiger partial charge in [-0.2, -0.15) is 0 Å². The van der Waals surface area contributed by atoms with E-state index in [4.69, 9.17) is 0 Å². The fourth-order valence-corrected chi connectivity index (χ4v) is 4.46. The van der Waals surface area contributed by atoms with E-state index in [0.717, 1.165) is 31.1 Å². The van der Waals surface area contributed by atoms with E-state index in [0.29, 0.717) is 23.2 Å². The summed E-state index contributed by atoms with van der Waals surface area (Å²) >= 11 is 0. The third-order valence-corrected chi connectivity index (χ3v) is 5.46. The Balaban J connectivity index is 1.76. The van der Waals surface area contributed by atoms with Crippen LogP contribution in [0.3, 0.4) is 0 Å². The lowest BCUT2D eigenvalue weighted by molar-refractivity contribution is -0.128. The van der Waals surface area contributed by atoms with Crippen LogP contribution in [-0.2, 0) is 4.79 Å². The van der Waals surface area contributed by atoms with Crippen LogP contribution in [-0.4, -0.2) is 18.4 Å².